The fraction of sp³-hybridized carbons (Fsp3) is 0.533. The maximum absolute atomic E-state index is 4.64. The highest BCUT2D eigenvalue weighted by Gasteiger charge is 2.12. The quantitative estimate of drug-likeness (QED) is 0.867. The van der Waals surface area contributed by atoms with E-state index in [9.17, 15) is 0 Å². The van der Waals surface area contributed by atoms with E-state index in [0.29, 0.717) is 5.92 Å². The Bertz CT molecular complexity index is 535. The first-order valence-electron chi connectivity index (χ1n) is 6.47. The molecule has 2 nitrogen and oxygen atoms in total. The molecule has 98 valence electrons. The third-order valence-electron chi connectivity index (χ3n) is 2.86. The highest BCUT2D eigenvalue weighted by atomic mass is 32.2. The van der Waals surface area contributed by atoms with Gasteiger partial charge in [0, 0.05) is 4.75 Å². The van der Waals surface area contributed by atoms with Crippen molar-refractivity contribution in [2.45, 2.75) is 51.0 Å². The Balaban J connectivity index is 2.22. The molecule has 0 spiro atoms. The zero-order valence-corrected chi connectivity index (χ0v) is 12.7. The highest BCUT2D eigenvalue weighted by Crippen LogP contribution is 2.27. The van der Waals surface area contributed by atoms with Gasteiger partial charge in [0.25, 0.3) is 0 Å². The summed E-state index contributed by atoms with van der Waals surface area (Å²) in [5, 5.41) is 0. The standard InChI is InChI=1S/C15H22N2S/c1-10(2)11-6-7-12-13(8-11)17-14(16-12)9-18-15(3,4)5/h6-8,10H,9H2,1-5H3,(H,16,17). The largest absolute Gasteiger partial charge is 0.341 e. The van der Waals surface area contributed by atoms with Gasteiger partial charge in [-0.1, -0.05) is 40.7 Å². The van der Waals surface area contributed by atoms with Gasteiger partial charge in [-0.2, -0.15) is 0 Å². The van der Waals surface area contributed by atoms with Gasteiger partial charge < -0.3 is 4.98 Å². The summed E-state index contributed by atoms with van der Waals surface area (Å²) in [6.45, 7) is 11.1. The van der Waals surface area contributed by atoms with Crippen molar-refractivity contribution in [2.24, 2.45) is 0 Å². The Hall–Kier alpha value is -0.960. The maximum Gasteiger partial charge on any atom is 0.117 e. The van der Waals surface area contributed by atoms with E-state index in [0.717, 1.165) is 22.6 Å². The first-order valence-corrected chi connectivity index (χ1v) is 7.46. The third-order valence-corrected chi connectivity index (χ3v) is 4.15. The van der Waals surface area contributed by atoms with Gasteiger partial charge in [0.15, 0.2) is 0 Å². The molecule has 2 rings (SSSR count). The van der Waals surface area contributed by atoms with Crippen LogP contribution in [-0.2, 0) is 5.75 Å². The van der Waals surface area contributed by atoms with Crippen molar-refractivity contribution in [1.82, 2.24) is 9.97 Å². The van der Waals surface area contributed by atoms with Crippen molar-refractivity contribution in [3.8, 4) is 0 Å². The number of aromatic amines is 1. The summed E-state index contributed by atoms with van der Waals surface area (Å²) in [5.41, 5.74) is 3.59. The topological polar surface area (TPSA) is 28.7 Å². The highest BCUT2D eigenvalue weighted by molar-refractivity contribution is 7.99. The molecular formula is C15H22N2S. The Morgan fingerprint density at radius 2 is 2.00 bits per heavy atom. The van der Waals surface area contributed by atoms with E-state index in [1.54, 1.807) is 0 Å². The monoisotopic (exact) mass is 262 g/mol. The van der Waals surface area contributed by atoms with Gasteiger partial charge in [0.05, 0.1) is 16.8 Å². The molecule has 18 heavy (non-hydrogen) atoms. The van der Waals surface area contributed by atoms with Crippen LogP contribution < -0.4 is 0 Å². The molecule has 0 aliphatic rings. The molecular weight excluding hydrogens is 240 g/mol. The van der Waals surface area contributed by atoms with Gasteiger partial charge in [-0.15, -0.1) is 11.8 Å². The minimum Gasteiger partial charge on any atom is -0.341 e. The van der Waals surface area contributed by atoms with E-state index in [1.165, 1.54) is 5.56 Å². The fourth-order valence-corrected chi connectivity index (χ4v) is 2.50. The lowest BCUT2D eigenvalue weighted by atomic mass is 10.0. The number of nitrogens with zero attached hydrogens (tertiary/aromatic N) is 1. The van der Waals surface area contributed by atoms with Crippen LogP contribution >= 0.6 is 11.8 Å². The second-order valence-electron chi connectivity index (χ2n) is 6.02. The van der Waals surface area contributed by atoms with Gasteiger partial charge >= 0.3 is 0 Å². The molecule has 3 heteroatoms. The fourth-order valence-electron chi connectivity index (χ4n) is 1.79. The predicted molar refractivity (Wildman–Crippen MR) is 81.2 cm³/mol. The van der Waals surface area contributed by atoms with Crippen LogP contribution in [0.2, 0.25) is 0 Å². The normalized spacial score (nSPS) is 12.6. The van der Waals surface area contributed by atoms with Crippen LogP contribution in [0.1, 0.15) is 51.9 Å². The van der Waals surface area contributed by atoms with Crippen LogP contribution in [0.4, 0.5) is 0 Å². The number of imidazole rings is 1. The molecule has 0 unspecified atom stereocenters. The first kappa shape index (κ1) is 13.5. The zero-order valence-electron chi connectivity index (χ0n) is 11.9. The molecule has 1 N–H and O–H groups in total. The SMILES string of the molecule is CC(C)c1ccc2nc(CSC(C)(C)C)[nH]c2c1. The van der Waals surface area contributed by atoms with Crippen LogP contribution in [0.15, 0.2) is 18.2 Å². The minimum atomic E-state index is 0.280. The Morgan fingerprint density at radius 1 is 1.28 bits per heavy atom. The molecule has 1 aromatic heterocycles. The zero-order chi connectivity index (χ0) is 13.3. The molecule has 0 amide bonds. The summed E-state index contributed by atoms with van der Waals surface area (Å²) in [4.78, 5) is 8.07. The van der Waals surface area contributed by atoms with Gasteiger partial charge in [0.2, 0.25) is 0 Å². The van der Waals surface area contributed by atoms with Crippen molar-refractivity contribution >= 4 is 22.8 Å². The van der Waals surface area contributed by atoms with Gasteiger partial charge in [0.1, 0.15) is 5.82 Å². The molecule has 0 radical (unpaired) electrons. The Kier molecular flexibility index (Phi) is 3.71. The van der Waals surface area contributed by atoms with Crippen molar-refractivity contribution in [2.75, 3.05) is 0 Å². The van der Waals surface area contributed by atoms with Crippen molar-refractivity contribution in [3.05, 3.63) is 29.6 Å². The van der Waals surface area contributed by atoms with Crippen molar-refractivity contribution in [3.63, 3.8) is 0 Å². The van der Waals surface area contributed by atoms with E-state index in [4.69, 9.17) is 0 Å². The molecule has 0 aliphatic heterocycles. The number of nitrogens with one attached hydrogen (secondary N) is 1. The number of aromatic nitrogens is 2. The summed E-state index contributed by atoms with van der Waals surface area (Å²) >= 11 is 1.92. The van der Waals surface area contributed by atoms with E-state index in [2.05, 4.69) is 62.8 Å². The van der Waals surface area contributed by atoms with Crippen LogP contribution in [-0.4, -0.2) is 14.7 Å². The first-order chi connectivity index (χ1) is 8.35. The van der Waals surface area contributed by atoms with Gasteiger partial charge in [-0.05, 0) is 23.6 Å². The minimum absolute atomic E-state index is 0.280. The smallest absolute Gasteiger partial charge is 0.117 e. The lowest BCUT2D eigenvalue weighted by Gasteiger charge is -2.16. The van der Waals surface area contributed by atoms with Crippen LogP contribution in [0.5, 0.6) is 0 Å². The van der Waals surface area contributed by atoms with Gasteiger partial charge in [-0.25, -0.2) is 4.98 Å². The maximum atomic E-state index is 4.64. The molecule has 0 saturated carbocycles. The summed E-state index contributed by atoms with van der Waals surface area (Å²) in [6, 6.07) is 6.51. The Labute approximate surface area is 114 Å². The predicted octanol–water partition coefficient (Wildman–Crippen LogP) is 4.72. The number of thioether (sulfide) groups is 1. The molecule has 1 aromatic carbocycles. The summed E-state index contributed by atoms with van der Waals surface area (Å²) in [5.74, 6) is 2.57. The van der Waals surface area contributed by atoms with E-state index in [1.807, 2.05) is 11.8 Å². The molecule has 0 saturated heterocycles. The summed E-state index contributed by atoms with van der Waals surface area (Å²) in [7, 11) is 0. The van der Waals surface area contributed by atoms with E-state index >= 15 is 0 Å². The van der Waals surface area contributed by atoms with Crippen LogP contribution in [0, 0.1) is 0 Å². The molecule has 0 fully saturated rings. The average molecular weight is 262 g/mol. The molecule has 1 heterocycles. The third kappa shape index (κ3) is 3.29. The summed E-state index contributed by atoms with van der Waals surface area (Å²) in [6.07, 6.45) is 0. The molecule has 0 bridgehead atoms. The lowest BCUT2D eigenvalue weighted by Crippen LogP contribution is -2.07. The van der Waals surface area contributed by atoms with Crippen molar-refractivity contribution in [1.29, 1.82) is 0 Å². The van der Waals surface area contributed by atoms with E-state index < -0.39 is 0 Å². The van der Waals surface area contributed by atoms with Gasteiger partial charge in [-0.3, -0.25) is 0 Å². The van der Waals surface area contributed by atoms with Crippen molar-refractivity contribution < 1.29 is 0 Å². The van der Waals surface area contributed by atoms with E-state index in [-0.39, 0.29) is 4.75 Å². The number of hydrogen-bond acceptors (Lipinski definition) is 2. The second kappa shape index (κ2) is 4.96. The number of benzene rings is 1. The number of H-pyrrole nitrogens is 1. The average Bonchev–Trinajstić information content (AvgIpc) is 2.66. The van der Waals surface area contributed by atoms with Crippen LogP contribution in [0.25, 0.3) is 11.0 Å². The number of fused-ring (bicyclic) bond motifs is 1. The van der Waals surface area contributed by atoms with Crippen LogP contribution in [0.3, 0.4) is 0 Å². The number of rotatable bonds is 3. The molecule has 0 atom stereocenters. The molecule has 2 aromatic rings. The lowest BCUT2D eigenvalue weighted by molar-refractivity contribution is 0.801. The molecule has 0 aliphatic carbocycles. The number of hydrogen-bond donors (Lipinski definition) is 1. The second-order valence-corrected chi connectivity index (χ2v) is 7.82. The summed E-state index contributed by atoms with van der Waals surface area (Å²) < 4.78 is 0.280. The Morgan fingerprint density at radius 3 is 2.61 bits per heavy atom.